The van der Waals surface area contributed by atoms with E-state index >= 15 is 0 Å². The Morgan fingerprint density at radius 1 is 1.19 bits per heavy atom. The van der Waals surface area contributed by atoms with E-state index in [2.05, 4.69) is 5.32 Å². The number of carbonyl (C=O) groups excluding carboxylic acids is 2. The first-order valence-corrected chi connectivity index (χ1v) is 9.12. The first-order chi connectivity index (χ1) is 12.5. The highest BCUT2D eigenvalue weighted by molar-refractivity contribution is 7.99. The summed E-state index contributed by atoms with van der Waals surface area (Å²) in [6, 6.07) is 13.4. The van der Waals surface area contributed by atoms with Gasteiger partial charge in [0.15, 0.2) is 0 Å². The highest BCUT2D eigenvalue weighted by Gasteiger charge is 2.20. The van der Waals surface area contributed by atoms with Crippen molar-refractivity contribution in [2.75, 3.05) is 11.9 Å². The zero-order valence-electron chi connectivity index (χ0n) is 14.0. The molecule has 7 heteroatoms. The van der Waals surface area contributed by atoms with E-state index in [0.29, 0.717) is 40.9 Å². The van der Waals surface area contributed by atoms with Crippen LogP contribution in [-0.2, 0) is 11.3 Å². The van der Waals surface area contributed by atoms with Crippen LogP contribution in [-0.4, -0.2) is 29.0 Å². The Balaban J connectivity index is 1.64. The van der Waals surface area contributed by atoms with Crippen LogP contribution in [0.3, 0.4) is 0 Å². The molecule has 3 rings (SSSR count). The molecule has 26 heavy (non-hydrogen) atoms. The Hall–Kier alpha value is -2.41. The van der Waals surface area contributed by atoms with Gasteiger partial charge >= 0.3 is 0 Å². The molecule has 0 radical (unpaired) electrons. The van der Waals surface area contributed by atoms with E-state index in [1.54, 1.807) is 47.4 Å². The summed E-state index contributed by atoms with van der Waals surface area (Å²) in [5, 5.41) is 2.75. The number of nitrogens with zero attached hydrogens (tertiary/aromatic N) is 1. The number of nitrogens with one attached hydrogen (secondary N) is 1. The third-order valence-corrected chi connectivity index (χ3v) is 4.79. The molecule has 0 unspecified atom stereocenters. The molecule has 2 amide bonds. The molecule has 2 aromatic rings. The number of carbonyl (C=O) groups is 2. The SMILES string of the molecule is O=C(Nc1ccc(SC(F)F)cc1)c1cccc(CN2CCCC2=O)c1. The normalized spacial score (nSPS) is 14.1. The third kappa shape index (κ3) is 4.82. The topological polar surface area (TPSA) is 49.4 Å². The van der Waals surface area contributed by atoms with Crippen molar-refractivity contribution in [3.8, 4) is 0 Å². The summed E-state index contributed by atoms with van der Waals surface area (Å²) in [5.74, 6) is -2.61. The van der Waals surface area contributed by atoms with Crippen molar-refractivity contribution >= 4 is 29.3 Å². The molecule has 0 aromatic heterocycles. The van der Waals surface area contributed by atoms with Crippen LogP contribution in [0.1, 0.15) is 28.8 Å². The maximum absolute atomic E-state index is 12.4. The van der Waals surface area contributed by atoms with Crippen LogP contribution in [0.5, 0.6) is 0 Å². The van der Waals surface area contributed by atoms with Crippen LogP contribution in [0.4, 0.5) is 14.5 Å². The van der Waals surface area contributed by atoms with Crippen molar-refractivity contribution < 1.29 is 18.4 Å². The van der Waals surface area contributed by atoms with Crippen molar-refractivity contribution in [1.29, 1.82) is 0 Å². The zero-order chi connectivity index (χ0) is 18.5. The average molecular weight is 376 g/mol. The third-order valence-electron chi connectivity index (χ3n) is 4.07. The fraction of sp³-hybridized carbons (Fsp3) is 0.263. The van der Waals surface area contributed by atoms with Crippen molar-refractivity contribution in [1.82, 2.24) is 4.90 Å². The molecule has 1 saturated heterocycles. The van der Waals surface area contributed by atoms with Gasteiger partial charge in [-0.15, -0.1) is 0 Å². The molecule has 2 aromatic carbocycles. The average Bonchev–Trinajstić information content (AvgIpc) is 3.01. The summed E-state index contributed by atoms with van der Waals surface area (Å²) < 4.78 is 24.7. The molecule has 0 saturated carbocycles. The van der Waals surface area contributed by atoms with Gasteiger partial charge in [0.2, 0.25) is 5.91 Å². The van der Waals surface area contributed by atoms with Crippen molar-refractivity contribution in [3.05, 3.63) is 59.7 Å². The minimum atomic E-state index is -2.47. The fourth-order valence-corrected chi connectivity index (χ4v) is 3.32. The highest BCUT2D eigenvalue weighted by Crippen LogP contribution is 2.26. The number of hydrogen-bond acceptors (Lipinski definition) is 3. The second-order valence-electron chi connectivity index (χ2n) is 5.98. The van der Waals surface area contributed by atoms with E-state index in [0.717, 1.165) is 18.5 Å². The Morgan fingerprint density at radius 2 is 1.96 bits per heavy atom. The molecular formula is C19H18F2N2O2S. The Kier molecular flexibility index (Phi) is 5.88. The van der Waals surface area contributed by atoms with Gasteiger partial charge in [-0.25, -0.2) is 0 Å². The maximum Gasteiger partial charge on any atom is 0.288 e. The second-order valence-corrected chi connectivity index (χ2v) is 7.04. The van der Waals surface area contributed by atoms with E-state index < -0.39 is 5.76 Å². The summed E-state index contributed by atoms with van der Waals surface area (Å²) in [7, 11) is 0. The molecule has 136 valence electrons. The number of alkyl halides is 2. The van der Waals surface area contributed by atoms with Crippen LogP contribution < -0.4 is 5.32 Å². The fourth-order valence-electron chi connectivity index (χ4n) is 2.83. The number of anilines is 1. The summed E-state index contributed by atoms with van der Waals surface area (Å²) in [4.78, 5) is 26.4. The number of benzene rings is 2. The van der Waals surface area contributed by atoms with Gasteiger partial charge in [-0.1, -0.05) is 23.9 Å². The first kappa shape index (κ1) is 18.4. The maximum atomic E-state index is 12.4. The van der Waals surface area contributed by atoms with Crippen molar-refractivity contribution in [3.63, 3.8) is 0 Å². The molecule has 1 fully saturated rings. The molecule has 0 aliphatic carbocycles. The molecular weight excluding hydrogens is 358 g/mol. The lowest BCUT2D eigenvalue weighted by atomic mass is 10.1. The first-order valence-electron chi connectivity index (χ1n) is 8.24. The van der Waals surface area contributed by atoms with E-state index in [1.165, 1.54) is 0 Å². The van der Waals surface area contributed by atoms with E-state index in [9.17, 15) is 18.4 Å². The number of halogens is 2. The van der Waals surface area contributed by atoms with Crippen LogP contribution in [0.15, 0.2) is 53.4 Å². The Morgan fingerprint density at radius 3 is 2.62 bits per heavy atom. The second kappa shape index (κ2) is 8.31. The molecule has 1 aliphatic heterocycles. The van der Waals surface area contributed by atoms with E-state index in [4.69, 9.17) is 0 Å². The smallest absolute Gasteiger partial charge is 0.288 e. The molecule has 1 N–H and O–H groups in total. The van der Waals surface area contributed by atoms with E-state index in [-0.39, 0.29) is 11.8 Å². The van der Waals surface area contributed by atoms with Gasteiger partial charge in [-0.3, -0.25) is 9.59 Å². The summed E-state index contributed by atoms with van der Waals surface area (Å²) in [5.41, 5.74) is 1.92. The lowest BCUT2D eigenvalue weighted by molar-refractivity contribution is -0.128. The summed E-state index contributed by atoms with van der Waals surface area (Å²) in [6.45, 7) is 1.25. The van der Waals surface area contributed by atoms with Gasteiger partial charge in [0, 0.05) is 35.7 Å². The Bertz CT molecular complexity index is 796. The molecule has 0 spiro atoms. The van der Waals surface area contributed by atoms with E-state index in [1.807, 2.05) is 6.07 Å². The van der Waals surface area contributed by atoms with Crippen LogP contribution in [0.25, 0.3) is 0 Å². The lowest BCUT2D eigenvalue weighted by Gasteiger charge is -2.16. The van der Waals surface area contributed by atoms with Crippen molar-refractivity contribution in [2.24, 2.45) is 0 Å². The summed E-state index contributed by atoms with van der Waals surface area (Å²) in [6.07, 6.45) is 1.46. The van der Waals surface area contributed by atoms with Crippen LogP contribution in [0, 0.1) is 0 Å². The predicted molar refractivity (Wildman–Crippen MR) is 97.3 cm³/mol. The molecule has 1 heterocycles. The van der Waals surface area contributed by atoms with Gasteiger partial charge in [-0.2, -0.15) is 8.78 Å². The highest BCUT2D eigenvalue weighted by atomic mass is 32.2. The quantitative estimate of drug-likeness (QED) is 0.762. The number of hydrogen-bond donors (Lipinski definition) is 1. The van der Waals surface area contributed by atoms with Gasteiger partial charge in [0.05, 0.1) is 0 Å². The minimum absolute atomic E-state index is 0.140. The molecule has 4 nitrogen and oxygen atoms in total. The lowest BCUT2D eigenvalue weighted by Crippen LogP contribution is -2.24. The predicted octanol–water partition coefficient (Wildman–Crippen LogP) is 4.38. The monoisotopic (exact) mass is 376 g/mol. The van der Waals surface area contributed by atoms with Crippen LogP contribution in [0.2, 0.25) is 0 Å². The van der Waals surface area contributed by atoms with Crippen molar-refractivity contribution in [2.45, 2.75) is 30.0 Å². The van der Waals surface area contributed by atoms with Gasteiger partial charge < -0.3 is 10.2 Å². The summed E-state index contributed by atoms with van der Waals surface area (Å²) >= 11 is 0.461. The van der Waals surface area contributed by atoms with Gasteiger partial charge in [0.25, 0.3) is 11.7 Å². The molecule has 0 atom stereocenters. The minimum Gasteiger partial charge on any atom is -0.338 e. The van der Waals surface area contributed by atoms with Gasteiger partial charge in [0.1, 0.15) is 0 Å². The standard InChI is InChI=1S/C19H18F2N2O2S/c20-19(21)26-16-8-6-15(7-9-16)22-18(25)14-4-1-3-13(11-14)12-23-10-2-5-17(23)24/h1,3-4,6-9,11,19H,2,5,10,12H2,(H,22,25). The Labute approximate surface area is 154 Å². The van der Waals surface area contributed by atoms with Gasteiger partial charge in [-0.05, 0) is 48.4 Å². The molecule has 1 aliphatic rings. The van der Waals surface area contributed by atoms with Crippen LogP contribution >= 0.6 is 11.8 Å². The number of rotatable bonds is 6. The number of thioether (sulfide) groups is 1. The molecule has 0 bridgehead atoms. The largest absolute Gasteiger partial charge is 0.338 e. The number of amides is 2. The number of likely N-dealkylation sites (tertiary alicyclic amines) is 1. The zero-order valence-corrected chi connectivity index (χ0v) is 14.8.